The zero-order valence-electron chi connectivity index (χ0n) is 17.0. The van der Waals surface area contributed by atoms with Crippen molar-refractivity contribution < 1.29 is 18.4 Å². The molecule has 0 aliphatic heterocycles. The Hall–Kier alpha value is -3.27. The van der Waals surface area contributed by atoms with E-state index in [0.29, 0.717) is 17.5 Å². The average Bonchev–Trinajstić information content (AvgIpc) is 3.12. The van der Waals surface area contributed by atoms with Crippen molar-refractivity contribution in [3.63, 3.8) is 0 Å². The van der Waals surface area contributed by atoms with Crippen LogP contribution in [0.2, 0.25) is 0 Å². The zero-order valence-corrected chi connectivity index (χ0v) is 17.8. The number of carbonyl (C=O) groups is 2. The molecule has 1 aromatic heterocycles. The first-order valence-electron chi connectivity index (χ1n) is 9.52. The zero-order chi connectivity index (χ0) is 22.4. The molecule has 0 bridgehead atoms. The number of nitrogens with zero attached hydrogens (tertiary/aromatic N) is 3. The van der Waals surface area contributed by atoms with Gasteiger partial charge in [0.25, 0.3) is 0 Å². The number of anilines is 2. The molecule has 0 aliphatic carbocycles. The number of benzene rings is 2. The van der Waals surface area contributed by atoms with E-state index in [0.717, 1.165) is 41.2 Å². The van der Waals surface area contributed by atoms with Crippen LogP contribution in [-0.4, -0.2) is 32.3 Å². The summed E-state index contributed by atoms with van der Waals surface area (Å²) < 4.78 is 28.6. The average molecular weight is 445 g/mol. The monoisotopic (exact) mass is 445 g/mol. The van der Waals surface area contributed by atoms with Gasteiger partial charge in [-0.25, -0.2) is 8.78 Å². The number of amides is 2. The van der Waals surface area contributed by atoms with Gasteiger partial charge in [0.1, 0.15) is 17.5 Å². The standard InChI is InChI=1S/C21H21F2N5O2S/c1-3-28-18(11-19(29)24-16-7-5-4-6-13(16)2)26-27-21(28)31-12-20(30)25-17-10-14(22)8-9-15(17)23/h4-10H,3,11-12H2,1-2H3,(H,24,29)(H,25,30). The Bertz CT molecular complexity index is 1100. The van der Waals surface area contributed by atoms with Crippen molar-refractivity contribution in [2.75, 3.05) is 16.4 Å². The number of halogens is 2. The minimum absolute atomic E-state index is 0.0242. The Balaban J connectivity index is 1.60. The van der Waals surface area contributed by atoms with E-state index in [1.165, 1.54) is 0 Å². The molecule has 10 heteroatoms. The van der Waals surface area contributed by atoms with E-state index in [2.05, 4.69) is 20.8 Å². The molecule has 0 unspecified atom stereocenters. The summed E-state index contributed by atoms with van der Waals surface area (Å²) in [7, 11) is 0. The molecule has 3 aromatic rings. The summed E-state index contributed by atoms with van der Waals surface area (Å²) in [6.45, 7) is 4.28. The first-order valence-corrected chi connectivity index (χ1v) is 10.5. The molecular weight excluding hydrogens is 424 g/mol. The minimum atomic E-state index is -0.724. The molecule has 2 aromatic carbocycles. The maximum absolute atomic E-state index is 13.7. The van der Waals surface area contributed by atoms with Crippen LogP contribution in [0.5, 0.6) is 0 Å². The molecule has 0 aliphatic rings. The number of thioether (sulfide) groups is 1. The first kappa shape index (κ1) is 22.4. The summed E-state index contributed by atoms with van der Waals surface area (Å²) in [6, 6.07) is 10.3. The second-order valence-corrected chi connectivity index (χ2v) is 7.59. The molecule has 2 amide bonds. The predicted molar refractivity (Wildman–Crippen MR) is 115 cm³/mol. The van der Waals surface area contributed by atoms with E-state index in [-0.39, 0.29) is 23.8 Å². The smallest absolute Gasteiger partial charge is 0.234 e. The predicted octanol–water partition coefficient (Wildman–Crippen LogP) is 3.80. The molecule has 3 rings (SSSR count). The lowest BCUT2D eigenvalue weighted by molar-refractivity contribution is -0.116. The van der Waals surface area contributed by atoms with Gasteiger partial charge < -0.3 is 15.2 Å². The van der Waals surface area contributed by atoms with E-state index < -0.39 is 17.5 Å². The molecule has 31 heavy (non-hydrogen) atoms. The Kier molecular flexibility index (Phi) is 7.35. The maximum atomic E-state index is 13.7. The molecule has 0 fully saturated rings. The van der Waals surface area contributed by atoms with Crippen LogP contribution in [0.3, 0.4) is 0 Å². The number of para-hydroxylation sites is 1. The van der Waals surface area contributed by atoms with Crippen molar-refractivity contribution in [2.45, 2.75) is 32.0 Å². The van der Waals surface area contributed by atoms with Gasteiger partial charge in [-0.05, 0) is 37.6 Å². The van der Waals surface area contributed by atoms with Gasteiger partial charge in [0, 0.05) is 18.3 Å². The fourth-order valence-electron chi connectivity index (χ4n) is 2.84. The fraction of sp³-hybridized carbons (Fsp3) is 0.238. The van der Waals surface area contributed by atoms with Crippen molar-refractivity contribution in [1.29, 1.82) is 0 Å². The van der Waals surface area contributed by atoms with Crippen molar-refractivity contribution in [1.82, 2.24) is 14.8 Å². The molecular formula is C21H21F2N5O2S. The van der Waals surface area contributed by atoms with Gasteiger partial charge in [0.2, 0.25) is 11.8 Å². The lowest BCUT2D eigenvalue weighted by Crippen LogP contribution is -2.18. The van der Waals surface area contributed by atoms with Gasteiger partial charge in [-0.15, -0.1) is 10.2 Å². The van der Waals surface area contributed by atoms with Crippen LogP contribution in [-0.2, 0) is 22.6 Å². The van der Waals surface area contributed by atoms with Gasteiger partial charge in [0.15, 0.2) is 5.16 Å². The van der Waals surface area contributed by atoms with Gasteiger partial charge in [-0.3, -0.25) is 9.59 Å². The number of nitrogens with one attached hydrogen (secondary N) is 2. The van der Waals surface area contributed by atoms with E-state index in [9.17, 15) is 18.4 Å². The maximum Gasteiger partial charge on any atom is 0.234 e. The van der Waals surface area contributed by atoms with Crippen LogP contribution in [0.25, 0.3) is 0 Å². The number of aromatic nitrogens is 3. The largest absolute Gasteiger partial charge is 0.325 e. The van der Waals surface area contributed by atoms with Crippen molar-refractivity contribution in [3.8, 4) is 0 Å². The third-order valence-corrected chi connectivity index (χ3v) is 5.35. The molecule has 162 valence electrons. The highest BCUT2D eigenvalue weighted by Gasteiger charge is 2.17. The summed E-state index contributed by atoms with van der Waals surface area (Å²) in [5.41, 5.74) is 1.45. The summed E-state index contributed by atoms with van der Waals surface area (Å²) in [4.78, 5) is 24.5. The van der Waals surface area contributed by atoms with E-state index in [1.807, 2.05) is 38.1 Å². The highest BCUT2D eigenvalue weighted by molar-refractivity contribution is 7.99. The molecule has 0 saturated heterocycles. The van der Waals surface area contributed by atoms with E-state index in [1.54, 1.807) is 4.57 Å². The normalized spacial score (nSPS) is 10.7. The van der Waals surface area contributed by atoms with Gasteiger partial charge in [-0.2, -0.15) is 0 Å². The quantitative estimate of drug-likeness (QED) is 0.515. The lowest BCUT2D eigenvalue weighted by atomic mass is 10.2. The Morgan fingerprint density at radius 1 is 1.03 bits per heavy atom. The number of carbonyl (C=O) groups excluding carboxylic acids is 2. The van der Waals surface area contributed by atoms with Crippen molar-refractivity contribution in [2.24, 2.45) is 0 Å². The highest BCUT2D eigenvalue weighted by Crippen LogP contribution is 2.20. The van der Waals surface area contributed by atoms with Crippen LogP contribution in [0.1, 0.15) is 18.3 Å². The number of rotatable bonds is 8. The molecule has 0 radical (unpaired) electrons. The number of hydrogen-bond donors (Lipinski definition) is 2. The van der Waals surface area contributed by atoms with Gasteiger partial charge >= 0.3 is 0 Å². The van der Waals surface area contributed by atoms with Gasteiger partial charge in [0.05, 0.1) is 17.9 Å². The second kappa shape index (κ2) is 10.2. The second-order valence-electron chi connectivity index (χ2n) is 6.64. The summed E-state index contributed by atoms with van der Waals surface area (Å²) in [6.07, 6.45) is 0.0242. The Labute approximate surface area is 182 Å². The molecule has 0 spiro atoms. The molecule has 2 N–H and O–H groups in total. The van der Waals surface area contributed by atoms with Crippen LogP contribution < -0.4 is 10.6 Å². The van der Waals surface area contributed by atoms with Crippen molar-refractivity contribution >= 4 is 35.0 Å². The summed E-state index contributed by atoms with van der Waals surface area (Å²) in [5, 5.41) is 13.8. The summed E-state index contributed by atoms with van der Waals surface area (Å²) >= 11 is 1.09. The molecule has 7 nitrogen and oxygen atoms in total. The van der Waals surface area contributed by atoms with Crippen LogP contribution >= 0.6 is 11.8 Å². The fourth-order valence-corrected chi connectivity index (χ4v) is 3.66. The lowest BCUT2D eigenvalue weighted by Gasteiger charge is -2.10. The molecule has 0 saturated carbocycles. The van der Waals surface area contributed by atoms with E-state index >= 15 is 0 Å². The molecule has 0 atom stereocenters. The topological polar surface area (TPSA) is 88.9 Å². The van der Waals surface area contributed by atoms with Crippen LogP contribution in [0, 0.1) is 18.6 Å². The van der Waals surface area contributed by atoms with Crippen molar-refractivity contribution in [3.05, 3.63) is 65.5 Å². The highest BCUT2D eigenvalue weighted by atomic mass is 32.2. The Morgan fingerprint density at radius 3 is 2.52 bits per heavy atom. The minimum Gasteiger partial charge on any atom is -0.325 e. The molecule has 1 heterocycles. The van der Waals surface area contributed by atoms with Crippen LogP contribution in [0.15, 0.2) is 47.6 Å². The van der Waals surface area contributed by atoms with Gasteiger partial charge in [-0.1, -0.05) is 30.0 Å². The van der Waals surface area contributed by atoms with E-state index in [4.69, 9.17) is 0 Å². The Morgan fingerprint density at radius 2 is 1.77 bits per heavy atom. The summed E-state index contributed by atoms with van der Waals surface area (Å²) in [5.74, 6) is -1.73. The van der Waals surface area contributed by atoms with Crippen LogP contribution in [0.4, 0.5) is 20.2 Å². The first-order chi connectivity index (χ1) is 14.9. The third kappa shape index (κ3) is 5.88. The number of hydrogen-bond acceptors (Lipinski definition) is 5. The number of aryl methyl sites for hydroxylation is 1. The third-order valence-electron chi connectivity index (χ3n) is 4.38. The SMILES string of the molecule is CCn1c(CC(=O)Nc2ccccc2C)nnc1SCC(=O)Nc1cc(F)ccc1F.